The summed E-state index contributed by atoms with van der Waals surface area (Å²) in [5.41, 5.74) is -2.55. The second kappa shape index (κ2) is 14.5. The second-order valence-corrected chi connectivity index (χ2v) is 11.0. The molecule has 7 nitrogen and oxygen atoms in total. The Bertz CT molecular complexity index is 1360. The minimum absolute atomic E-state index is 0.449. The molecule has 0 spiro atoms. The summed E-state index contributed by atoms with van der Waals surface area (Å²) in [5.74, 6) is -32.3. The highest BCUT2D eigenvalue weighted by Crippen LogP contribution is 2.54. The van der Waals surface area contributed by atoms with E-state index in [1.54, 1.807) is 0 Å². The first-order chi connectivity index (χ1) is 23.8. The van der Waals surface area contributed by atoms with E-state index in [2.05, 4.69) is 9.47 Å². The average Bonchev–Trinajstić information content (AvgIpc) is 2.94. The van der Waals surface area contributed by atoms with E-state index in [0.29, 0.717) is 12.1 Å². The first-order valence-corrected chi connectivity index (χ1v) is 13.5. The van der Waals surface area contributed by atoms with Crippen molar-refractivity contribution >= 4 is 11.9 Å². The average molecular weight is 846 g/mol. The van der Waals surface area contributed by atoms with Gasteiger partial charge in [-0.05, 0) is 12.1 Å². The van der Waals surface area contributed by atoms with Crippen LogP contribution in [0, 0.1) is 0 Å². The first-order valence-electron chi connectivity index (χ1n) is 13.5. The molecule has 1 aromatic rings. The topological polar surface area (TPSA) is 91.3 Å². The van der Waals surface area contributed by atoms with Crippen molar-refractivity contribution in [3.8, 4) is 0 Å². The Labute approximate surface area is 283 Å². The van der Waals surface area contributed by atoms with Gasteiger partial charge >= 0.3 is 72.4 Å². The predicted molar refractivity (Wildman–Crippen MR) is 123 cm³/mol. The third-order valence-corrected chi connectivity index (χ3v) is 6.80. The monoisotopic (exact) mass is 846 g/mol. The third kappa shape index (κ3) is 9.47. The Hall–Kier alpha value is -3.50. The Morgan fingerprint density at radius 2 is 0.778 bits per heavy atom. The molecule has 1 heterocycles. The smallest absolute Gasteiger partial charge is 0.458 e. The number of carbonyl (C=O) groups is 2. The van der Waals surface area contributed by atoms with E-state index in [4.69, 9.17) is 0 Å². The lowest BCUT2D eigenvalue weighted by Crippen LogP contribution is -2.61. The van der Waals surface area contributed by atoms with Gasteiger partial charge in [-0.1, -0.05) is 12.1 Å². The van der Waals surface area contributed by atoms with E-state index in [-0.39, 0.29) is 0 Å². The largest absolute Gasteiger partial charge is 0.458 e. The highest BCUT2D eigenvalue weighted by atomic mass is 19.4. The quantitative estimate of drug-likeness (QED) is 0.186. The summed E-state index contributed by atoms with van der Waals surface area (Å²) < 4.78 is 308. The van der Waals surface area contributed by atoms with Crippen LogP contribution in [0.2, 0.25) is 0 Å². The molecule has 0 radical (unpaired) electrons. The van der Waals surface area contributed by atoms with Crippen LogP contribution in [0.1, 0.15) is 46.4 Å². The molecule has 0 aromatic heterocycles. The number of aliphatic hydroxyl groups excluding tert-OH is 1. The summed E-state index contributed by atoms with van der Waals surface area (Å²) in [5, 5.41) is 10.2. The Morgan fingerprint density at radius 3 is 1.02 bits per heavy atom. The standard InChI is InChI=1S/C25H16F22O7/c26-16(27,24(44,45)53-18(30,20(32,33)34)21(35,36)37)7-10-5-9(48)6-11(52-15(50)13-4-2-1-3-12(13)14(49)51-10)8-17(28,29)25(46,47)54-19(31,22(38,39)40)23(41,42)43/h1-4,9-11,48H,5-8H2. The summed E-state index contributed by atoms with van der Waals surface area (Å²) >= 11 is 0. The molecule has 0 fully saturated rings. The zero-order valence-electron chi connectivity index (χ0n) is 25.1. The van der Waals surface area contributed by atoms with Gasteiger partial charge in [0.1, 0.15) is 12.2 Å². The first kappa shape index (κ1) is 46.7. The minimum atomic E-state index is -7.53. The highest BCUT2D eigenvalue weighted by molar-refractivity contribution is 6.03. The molecule has 312 valence electrons. The number of aliphatic hydroxyl groups is 1. The van der Waals surface area contributed by atoms with Gasteiger partial charge in [-0.2, -0.15) is 96.6 Å². The molecule has 0 saturated heterocycles. The van der Waals surface area contributed by atoms with Gasteiger partial charge in [-0.15, -0.1) is 0 Å². The summed E-state index contributed by atoms with van der Waals surface area (Å²) in [6.45, 7) is 0. The van der Waals surface area contributed by atoms with Crippen molar-refractivity contribution in [3.05, 3.63) is 35.4 Å². The molecule has 0 aliphatic carbocycles. The SMILES string of the molecule is O=C1OC(CC(F)(F)C(F)(F)OC(F)(C(F)(F)F)C(F)(F)F)CC(O)CC(CC(F)(F)C(F)(F)OC(F)(C(F)(F)F)C(F)(F)F)OC(=O)c2ccccc21. The van der Waals surface area contributed by atoms with E-state index in [1.165, 1.54) is 0 Å². The lowest BCUT2D eigenvalue weighted by molar-refractivity contribution is -0.503. The Balaban J connectivity index is 2.58. The van der Waals surface area contributed by atoms with Gasteiger partial charge in [0.25, 0.3) is 0 Å². The van der Waals surface area contributed by atoms with Crippen LogP contribution in [0.15, 0.2) is 24.3 Å². The van der Waals surface area contributed by atoms with Crippen molar-refractivity contribution in [3.63, 3.8) is 0 Å². The number of carbonyl (C=O) groups excluding carboxylic acids is 2. The van der Waals surface area contributed by atoms with Crippen LogP contribution in [0.3, 0.4) is 0 Å². The maximum absolute atomic E-state index is 14.6. The fourth-order valence-electron chi connectivity index (χ4n) is 4.18. The molecule has 1 aromatic carbocycles. The molecule has 1 N–H and O–H groups in total. The van der Waals surface area contributed by atoms with Crippen molar-refractivity contribution in [2.24, 2.45) is 0 Å². The molecule has 1 aliphatic rings. The van der Waals surface area contributed by atoms with Crippen molar-refractivity contribution in [1.82, 2.24) is 0 Å². The van der Waals surface area contributed by atoms with Gasteiger partial charge in [-0.3, -0.25) is 9.47 Å². The van der Waals surface area contributed by atoms with Crippen molar-refractivity contribution < 1.29 is 130 Å². The zero-order chi connectivity index (χ0) is 42.5. The van der Waals surface area contributed by atoms with Crippen molar-refractivity contribution in [2.75, 3.05) is 0 Å². The lowest BCUT2D eigenvalue weighted by atomic mass is 9.97. The van der Waals surface area contributed by atoms with E-state index in [1.807, 2.05) is 9.47 Å². The molecule has 29 heteroatoms. The van der Waals surface area contributed by atoms with Crippen LogP contribution in [-0.4, -0.2) is 95.8 Å². The van der Waals surface area contributed by atoms with Gasteiger partial charge in [0, 0.05) is 12.8 Å². The molecule has 2 atom stereocenters. The normalized spacial score (nSPS) is 21.2. The number of rotatable bonds is 10. The lowest BCUT2D eigenvalue weighted by Gasteiger charge is -2.36. The van der Waals surface area contributed by atoms with Crippen LogP contribution in [0.4, 0.5) is 96.6 Å². The second-order valence-electron chi connectivity index (χ2n) is 11.0. The molecule has 2 rings (SSSR count). The Kier molecular flexibility index (Phi) is 12.6. The fraction of sp³-hybridized carbons (Fsp3) is 0.680. The van der Waals surface area contributed by atoms with Crippen LogP contribution < -0.4 is 0 Å². The summed E-state index contributed by atoms with van der Waals surface area (Å²) in [4.78, 5) is 25.3. The molecule has 2 unspecified atom stereocenters. The summed E-state index contributed by atoms with van der Waals surface area (Å²) in [7, 11) is 0. The number of alkyl halides is 22. The number of esters is 2. The third-order valence-electron chi connectivity index (χ3n) is 6.80. The van der Waals surface area contributed by atoms with Crippen LogP contribution in [0.25, 0.3) is 0 Å². The Morgan fingerprint density at radius 1 is 0.519 bits per heavy atom. The van der Waals surface area contributed by atoms with E-state index < -0.39 is 128 Å². The van der Waals surface area contributed by atoms with Crippen molar-refractivity contribution in [1.29, 1.82) is 0 Å². The van der Waals surface area contributed by atoms with Crippen LogP contribution in [-0.2, 0) is 18.9 Å². The number of benzene rings is 1. The number of cyclic esters (lactones) is 2. The number of hydrogen-bond acceptors (Lipinski definition) is 7. The summed E-state index contributed by atoms with van der Waals surface area (Å²) in [6, 6.07) is 2.42. The van der Waals surface area contributed by atoms with Crippen molar-refractivity contribution in [2.45, 2.75) is 104 Å². The predicted octanol–water partition coefficient (Wildman–Crippen LogP) is 8.74. The van der Waals surface area contributed by atoms with E-state index in [9.17, 15) is 111 Å². The van der Waals surface area contributed by atoms with Gasteiger partial charge in [-0.25, -0.2) is 9.59 Å². The zero-order valence-corrected chi connectivity index (χ0v) is 25.1. The van der Waals surface area contributed by atoms with Crippen LogP contribution in [0.5, 0.6) is 0 Å². The van der Waals surface area contributed by atoms with Gasteiger partial charge in [0.15, 0.2) is 0 Å². The molecule has 0 amide bonds. The number of halogens is 22. The molecule has 1 aliphatic heterocycles. The minimum Gasteiger partial charge on any atom is -0.458 e. The van der Waals surface area contributed by atoms with Crippen LogP contribution >= 0.6 is 0 Å². The van der Waals surface area contributed by atoms with Gasteiger partial charge < -0.3 is 14.6 Å². The maximum Gasteiger partial charge on any atom is 0.458 e. The van der Waals surface area contributed by atoms with E-state index >= 15 is 0 Å². The number of hydrogen-bond donors (Lipinski definition) is 1. The summed E-state index contributed by atoms with van der Waals surface area (Å²) in [6.07, 6.45) is -63.9. The van der Waals surface area contributed by atoms with Gasteiger partial charge in [0.2, 0.25) is 0 Å². The number of ether oxygens (including phenoxy) is 4. The molecule has 54 heavy (non-hydrogen) atoms. The molecule has 0 bridgehead atoms. The molecular formula is C25H16F22O7. The highest BCUT2D eigenvalue weighted by Gasteiger charge is 2.81. The maximum atomic E-state index is 14.6. The molecule has 0 saturated carbocycles. The fourth-order valence-corrected chi connectivity index (χ4v) is 4.18. The number of fused-ring (bicyclic) bond motifs is 1. The van der Waals surface area contributed by atoms with E-state index in [0.717, 1.165) is 12.1 Å². The molecular weight excluding hydrogens is 830 g/mol. The van der Waals surface area contributed by atoms with Gasteiger partial charge in [0.05, 0.1) is 30.1 Å².